The largest absolute Gasteiger partial charge is 0.389 e. The minimum absolute atomic E-state index is 0.402. The molecule has 0 amide bonds. The quantitative estimate of drug-likeness (QED) is 0.788. The van der Waals surface area contributed by atoms with Gasteiger partial charge in [-0.05, 0) is 25.3 Å². The summed E-state index contributed by atoms with van der Waals surface area (Å²) in [6.45, 7) is 8.10. The topological polar surface area (TPSA) is 50.5 Å². The van der Waals surface area contributed by atoms with Gasteiger partial charge in [-0.2, -0.15) is 0 Å². The molecule has 120 valence electrons. The second-order valence-corrected chi connectivity index (χ2v) is 6.71. The second-order valence-electron chi connectivity index (χ2n) is 6.71. The maximum atomic E-state index is 10.0. The van der Waals surface area contributed by atoms with E-state index in [2.05, 4.69) is 41.5 Å². The van der Waals surface area contributed by atoms with E-state index >= 15 is 0 Å². The van der Waals surface area contributed by atoms with Crippen LogP contribution < -0.4 is 0 Å². The fourth-order valence-corrected chi connectivity index (χ4v) is 2.95. The van der Waals surface area contributed by atoms with Gasteiger partial charge in [0.1, 0.15) is 5.82 Å². The summed E-state index contributed by atoms with van der Waals surface area (Å²) in [4.78, 5) is 6.58. The van der Waals surface area contributed by atoms with Crippen LogP contribution in [-0.2, 0) is 17.7 Å². The number of nitrogens with zero attached hydrogens (tertiary/aromatic N) is 3. The molecule has 21 heavy (non-hydrogen) atoms. The van der Waals surface area contributed by atoms with Crippen molar-refractivity contribution in [1.29, 1.82) is 0 Å². The van der Waals surface area contributed by atoms with Gasteiger partial charge in [-0.3, -0.25) is 0 Å². The SMILES string of the molecule is CC(C)COCC(O)CN(C)CC1CCc2nccn2C1. The van der Waals surface area contributed by atoms with Crippen molar-refractivity contribution in [2.24, 2.45) is 11.8 Å². The van der Waals surface area contributed by atoms with Crippen LogP contribution in [0.5, 0.6) is 0 Å². The number of aromatic nitrogens is 2. The highest BCUT2D eigenvalue weighted by Crippen LogP contribution is 2.19. The number of likely N-dealkylation sites (N-methyl/N-ethyl adjacent to an activating group) is 1. The average molecular weight is 295 g/mol. The average Bonchev–Trinajstić information content (AvgIpc) is 2.85. The normalized spacial score (nSPS) is 20.0. The zero-order chi connectivity index (χ0) is 15.2. The van der Waals surface area contributed by atoms with Crippen molar-refractivity contribution in [1.82, 2.24) is 14.5 Å². The summed E-state index contributed by atoms with van der Waals surface area (Å²) in [6.07, 6.45) is 5.79. The molecule has 0 aromatic carbocycles. The first-order chi connectivity index (χ1) is 10.0. The summed E-state index contributed by atoms with van der Waals surface area (Å²) in [5.41, 5.74) is 0. The van der Waals surface area contributed by atoms with Crippen molar-refractivity contribution in [2.75, 3.05) is 33.4 Å². The Hall–Kier alpha value is -0.910. The molecule has 1 N–H and O–H groups in total. The summed E-state index contributed by atoms with van der Waals surface area (Å²) in [6, 6.07) is 0. The molecule has 2 unspecified atom stereocenters. The lowest BCUT2D eigenvalue weighted by molar-refractivity contribution is 0.00932. The highest BCUT2D eigenvalue weighted by atomic mass is 16.5. The van der Waals surface area contributed by atoms with Crippen molar-refractivity contribution < 1.29 is 9.84 Å². The van der Waals surface area contributed by atoms with Crippen LogP contribution in [0.15, 0.2) is 12.4 Å². The van der Waals surface area contributed by atoms with Crippen LogP contribution in [0.2, 0.25) is 0 Å². The summed E-state index contributed by atoms with van der Waals surface area (Å²) in [5, 5.41) is 10.0. The van der Waals surface area contributed by atoms with Gasteiger partial charge in [0.25, 0.3) is 0 Å². The van der Waals surface area contributed by atoms with Crippen molar-refractivity contribution in [3.05, 3.63) is 18.2 Å². The third-order valence-electron chi connectivity index (χ3n) is 3.89. The minimum atomic E-state index is -0.402. The van der Waals surface area contributed by atoms with Crippen molar-refractivity contribution in [3.8, 4) is 0 Å². The van der Waals surface area contributed by atoms with Gasteiger partial charge in [0.05, 0.1) is 12.7 Å². The first kappa shape index (κ1) is 16.5. The summed E-state index contributed by atoms with van der Waals surface area (Å²) >= 11 is 0. The fourth-order valence-electron chi connectivity index (χ4n) is 2.95. The Balaban J connectivity index is 1.66. The molecule has 0 spiro atoms. The lowest BCUT2D eigenvalue weighted by Crippen LogP contribution is -2.37. The lowest BCUT2D eigenvalue weighted by Gasteiger charge is -2.29. The van der Waals surface area contributed by atoms with Crippen LogP contribution in [0, 0.1) is 11.8 Å². The van der Waals surface area contributed by atoms with Crippen LogP contribution >= 0.6 is 0 Å². The number of hydrogen-bond acceptors (Lipinski definition) is 4. The highest BCUT2D eigenvalue weighted by molar-refractivity contribution is 4.96. The predicted octanol–water partition coefficient (Wildman–Crippen LogP) is 1.41. The summed E-state index contributed by atoms with van der Waals surface area (Å²) < 4.78 is 7.75. The van der Waals surface area contributed by atoms with Crippen LogP contribution in [0.1, 0.15) is 26.1 Å². The van der Waals surface area contributed by atoms with E-state index in [0.717, 1.165) is 19.5 Å². The van der Waals surface area contributed by atoms with E-state index in [9.17, 15) is 5.11 Å². The monoisotopic (exact) mass is 295 g/mol. The van der Waals surface area contributed by atoms with E-state index in [4.69, 9.17) is 4.74 Å². The maximum Gasteiger partial charge on any atom is 0.108 e. The molecule has 0 aliphatic carbocycles. The first-order valence-corrected chi connectivity index (χ1v) is 7.99. The van der Waals surface area contributed by atoms with Crippen LogP contribution in [0.4, 0.5) is 0 Å². The molecule has 0 saturated carbocycles. The van der Waals surface area contributed by atoms with E-state index in [-0.39, 0.29) is 0 Å². The number of fused-ring (bicyclic) bond motifs is 1. The van der Waals surface area contributed by atoms with Crippen LogP contribution in [0.25, 0.3) is 0 Å². The Labute approximate surface area is 127 Å². The molecule has 0 fully saturated rings. The van der Waals surface area contributed by atoms with Gasteiger partial charge in [0.15, 0.2) is 0 Å². The maximum absolute atomic E-state index is 10.0. The standard InChI is InChI=1S/C16H29N3O2/c1-13(2)11-21-12-15(20)10-18(3)8-14-4-5-16-17-6-7-19(16)9-14/h6-7,13-15,20H,4-5,8-12H2,1-3H3. The van der Waals surface area contributed by atoms with Crippen LogP contribution in [0.3, 0.4) is 0 Å². The molecule has 1 aliphatic heterocycles. The third kappa shape index (κ3) is 5.41. The summed E-state index contributed by atoms with van der Waals surface area (Å²) in [5.74, 6) is 2.36. The minimum Gasteiger partial charge on any atom is -0.389 e. The Bertz CT molecular complexity index is 419. The van der Waals surface area contributed by atoms with Crippen molar-refractivity contribution in [3.63, 3.8) is 0 Å². The molecular weight excluding hydrogens is 266 g/mol. The number of aliphatic hydroxyl groups excluding tert-OH is 1. The molecule has 5 nitrogen and oxygen atoms in total. The van der Waals surface area contributed by atoms with E-state index < -0.39 is 6.10 Å². The highest BCUT2D eigenvalue weighted by Gasteiger charge is 2.20. The number of hydrogen-bond donors (Lipinski definition) is 1. The Morgan fingerprint density at radius 2 is 2.29 bits per heavy atom. The van der Waals surface area contributed by atoms with E-state index in [1.165, 1.54) is 12.2 Å². The van der Waals surface area contributed by atoms with Gasteiger partial charge in [0.2, 0.25) is 0 Å². The molecular formula is C16H29N3O2. The van der Waals surface area contributed by atoms with Crippen molar-refractivity contribution >= 4 is 0 Å². The zero-order valence-electron chi connectivity index (χ0n) is 13.5. The van der Waals surface area contributed by atoms with Gasteiger partial charge >= 0.3 is 0 Å². The predicted molar refractivity (Wildman–Crippen MR) is 83.2 cm³/mol. The zero-order valence-corrected chi connectivity index (χ0v) is 13.5. The number of aliphatic hydroxyl groups is 1. The van der Waals surface area contributed by atoms with Gasteiger partial charge < -0.3 is 19.3 Å². The molecule has 0 bridgehead atoms. The molecule has 1 aromatic heterocycles. The molecule has 0 radical (unpaired) electrons. The molecule has 5 heteroatoms. The molecule has 2 rings (SSSR count). The molecule has 2 heterocycles. The molecule has 0 saturated heterocycles. The first-order valence-electron chi connectivity index (χ1n) is 7.99. The Morgan fingerprint density at radius 1 is 1.48 bits per heavy atom. The Morgan fingerprint density at radius 3 is 3.05 bits per heavy atom. The van der Waals surface area contributed by atoms with Crippen molar-refractivity contribution in [2.45, 2.75) is 39.3 Å². The lowest BCUT2D eigenvalue weighted by atomic mass is 9.99. The fraction of sp³-hybridized carbons (Fsp3) is 0.812. The molecule has 1 aliphatic rings. The van der Waals surface area contributed by atoms with E-state index in [1.54, 1.807) is 0 Å². The third-order valence-corrected chi connectivity index (χ3v) is 3.89. The number of rotatable bonds is 8. The number of aryl methyl sites for hydroxylation is 1. The molecule has 1 aromatic rings. The number of imidazole rings is 1. The smallest absolute Gasteiger partial charge is 0.108 e. The second kappa shape index (κ2) is 7.92. The number of ether oxygens (including phenoxy) is 1. The van der Waals surface area contributed by atoms with Crippen LogP contribution in [-0.4, -0.2) is 59.0 Å². The van der Waals surface area contributed by atoms with Gasteiger partial charge in [0, 0.05) is 45.1 Å². The van der Waals surface area contributed by atoms with Gasteiger partial charge in [-0.25, -0.2) is 4.98 Å². The summed E-state index contributed by atoms with van der Waals surface area (Å²) in [7, 11) is 2.08. The van der Waals surface area contributed by atoms with E-state index in [0.29, 0.717) is 31.6 Å². The molecule has 2 atom stereocenters. The Kier molecular flexibility index (Phi) is 6.21. The van der Waals surface area contributed by atoms with E-state index in [1.807, 2.05) is 6.20 Å². The van der Waals surface area contributed by atoms with Gasteiger partial charge in [-0.1, -0.05) is 13.8 Å². The van der Waals surface area contributed by atoms with Gasteiger partial charge in [-0.15, -0.1) is 0 Å².